The van der Waals surface area contributed by atoms with Gasteiger partial charge in [0.05, 0.1) is 19.7 Å². The van der Waals surface area contributed by atoms with Crippen LogP contribution >= 0.6 is 0 Å². The van der Waals surface area contributed by atoms with E-state index in [2.05, 4.69) is 0 Å². The highest BCUT2D eigenvalue weighted by atomic mass is 16.6. The molecule has 114 valence electrons. The predicted molar refractivity (Wildman–Crippen MR) is 77.1 cm³/mol. The highest BCUT2D eigenvalue weighted by Gasteiger charge is 2.27. The molecule has 2 rings (SSSR count). The normalized spacial score (nSPS) is 15.6. The summed E-state index contributed by atoms with van der Waals surface area (Å²) in [4.78, 5) is 26.7. The smallest absolute Gasteiger partial charge is 0.410 e. The summed E-state index contributed by atoms with van der Waals surface area (Å²) in [7, 11) is 3.34. The van der Waals surface area contributed by atoms with Crippen LogP contribution in [0.15, 0.2) is 24.3 Å². The molecule has 0 radical (unpaired) electrons. The minimum absolute atomic E-state index is 0.0453. The Balaban J connectivity index is 2.02. The fraction of sp³-hybridized carbons (Fsp3) is 0.467. The summed E-state index contributed by atoms with van der Waals surface area (Å²) in [6.07, 6.45) is -0.425. The van der Waals surface area contributed by atoms with E-state index in [4.69, 9.17) is 9.47 Å². The molecule has 1 fully saturated rings. The van der Waals surface area contributed by atoms with Crippen molar-refractivity contribution in [2.75, 3.05) is 33.9 Å². The third kappa shape index (κ3) is 3.45. The molecule has 1 atom stereocenters. The molecule has 0 N–H and O–H groups in total. The van der Waals surface area contributed by atoms with Crippen molar-refractivity contribution >= 4 is 12.0 Å². The van der Waals surface area contributed by atoms with E-state index < -0.39 is 6.09 Å². The van der Waals surface area contributed by atoms with E-state index in [0.717, 1.165) is 11.3 Å². The summed E-state index contributed by atoms with van der Waals surface area (Å²) < 4.78 is 10.0. The summed E-state index contributed by atoms with van der Waals surface area (Å²) in [5, 5.41) is 0. The molecule has 1 aromatic carbocycles. The first kappa shape index (κ1) is 15.2. The van der Waals surface area contributed by atoms with E-state index in [1.165, 1.54) is 4.90 Å². The highest BCUT2D eigenvalue weighted by molar-refractivity contribution is 5.83. The van der Waals surface area contributed by atoms with Gasteiger partial charge < -0.3 is 14.4 Å². The summed E-state index contributed by atoms with van der Waals surface area (Å²) in [5.41, 5.74) is 0.981. The van der Waals surface area contributed by atoms with E-state index in [0.29, 0.717) is 13.2 Å². The number of ether oxygens (including phenoxy) is 2. The Bertz CT molecular complexity index is 532. The molecule has 6 nitrogen and oxygen atoms in total. The Morgan fingerprint density at radius 3 is 2.90 bits per heavy atom. The number of carbonyl (C=O) groups is 2. The number of likely N-dealkylation sites (N-methyl/N-ethyl adjacent to an activating group) is 1. The zero-order valence-electron chi connectivity index (χ0n) is 12.5. The van der Waals surface area contributed by atoms with E-state index in [1.807, 2.05) is 31.2 Å². The minimum atomic E-state index is -0.425. The molecule has 0 saturated carbocycles. The van der Waals surface area contributed by atoms with Gasteiger partial charge in [-0.1, -0.05) is 12.1 Å². The summed E-state index contributed by atoms with van der Waals surface area (Å²) in [5.74, 6) is 0.632. The molecule has 1 aliphatic heterocycles. The average molecular weight is 292 g/mol. The van der Waals surface area contributed by atoms with Crippen LogP contribution in [0.3, 0.4) is 0 Å². The molecule has 0 bridgehead atoms. The Kier molecular flexibility index (Phi) is 4.67. The Labute approximate surface area is 124 Å². The molecular weight excluding hydrogens is 272 g/mol. The fourth-order valence-electron chi connectivity index (χ4n) is 2.19. The number of hydrogen-bond acceptors (Lipinski definition) is 4. The van der Waals surface area contributed by atoms with Gasteiger partial charge in [0.25, 0.3) is 0 Å². The molecule has 0 aromatic heterocycles. The van der Waals surface area contributed by atoms with E-state index in [-0.39, 0.29) is 18.5 Å². The van der Waals surface area contributed by atoms with E-state index in [9.17, 15) is 9.59 Å². The number of benzene rings is 1. The Hall–Kier alpha value is -2.24. The van der Waals surface area contributed by atoms with Crippen LogP contribution in [0.1, 0.15) is 18.5 Å². The standard InChI is InChI=1S/C15H20N2O4/c1-11(12-5-4-6-13(9-12)20-3)16(2)14(18)10-17-7-8-21-15(17)19/h4-6,9,11H,7-8,10H2,1-3H3. The maximum absolute atomic E-state index is 12.3. The topological polar surface area (TPSA) is 59.1 Å². The first-order valence-electron chi connectivity index (χ1n) is 6.84. The van der Waals surface area contributed by atoms with Gasteiger partial charge in [-0.05, 0) is 24.6 Å². The number of nitrogens with zero attached hydrogens (tertiary/aromatic N) is 2. The number of cyclic esters (lactones) is 1. The van der Waals surface area contributed by atoms with Crippen LogP contribution in [0.2, 0.25) is 0 Å². The van der Waals surface area contributed by atoms with Crippen molar-refractivity contribution in [2.45, 2.75) is 13.0 Å². The Morgan fingerprint density at radius 1 is 1.52 bits per heavy atom. The number of rotatable bonds is 5. The maximum atomic E-state index is 12.3. The Morgan fingerprint density at radius 2 is 2.29 bits per heavy atom. The molecule has 2 amide bonds. The van der Waals surface area contributed by atoms with Crippen molar-refractivity contribution in [3.8, 4) is 5.75 Å². The number of hydrogen-bond donors (Lipinski definition) is 0. The first-order valence-corrected chi connectivity index (χ1v) is 6.84. The second-order valence-electron chi connectivity index (χ2n) is 4.99. The van der Waals surface area contributed by atoms with Crippen LogP contribution in [0.25, 0.3) is 0 Å². The molecule has 1 unspecified atom stereocenters. The fourth-order valence-corrected chi connectivity index (χ4v) is 2.19. The summed E-state index contributed by atoms with van der Waals surface area (Å²) in [6.45, 7) is 2.80. The van der Waals surface area contributed by atoms with Gasteiger partial charge in [0.2, 0.25) is 5.91 Å². The number of carbonyl (C=O) groups excluding carboxylic acids is 2. The molecule has 21 heavy (non-hydrogen) atoms. The summed E-state index contributed by atoms with van der Waals surface area (Å²) in [6, 6.07) is 7.49. The molecule has 1 aliphatic rings. The first-order chi connectivity index (χ1) is 10.0. The molecule has 6 heteroatoms. The van der Waals surface area contributed by atoms with Crippen molar-refractivity contribution in [1.29, 1.82) is 0 Å². The third-order valence-corrected chi connectivity index (χ3v) is 3.72. The van der Waals surface area contributed by atoms with Gasteiger partial charge in [0.15, 0.2) is 0 Å². The lowest BCUT2D eigenvalue weighted by Crippen LogP contribution is -2.39. The van der Waals surface area contributed by atoms with Gasteiger partial charge in [-0.15, -0.1) is 0 Å². The second-order valence-corrected chi connectivity index (χ2v) is 4.99. The van der Waals surface area contributed by atoms with Crippen molar-refractivity contribution in [3.63, 3.8) is 0 Å². The highest BCUT2D eigenvalue weighted by Crippen LogP contribution is 2.23. The van der Waals surface area contributed by atoms with Gasteiger partial charge >= 0.3 is 6.09 Å². The van der Waals surface area contributed by atoms with Crippen molar-refractivity contribution in [3.05, 3.63) is 29.8 Å². The van der Waals surface area contributed by atoms with Gasteiger partial charge in [-0.3, -0.25) is 9.69 Å². The second kappa shape index (κ2) is 6.47. The van der Waals surface area contributed by atoms with E-state index in [1.54, 1.807) is 19.1 Å². The predicted octanol–water partition coefficient (Wildman–Crippen LogP) is 1.67. The lowest BCUT2D eigenvalue weighted by Gasteiger charge is -2.27. The molecule has 1 saturated heterocycles. The summed E-state index contributed by atoms with van der Waals surface area (Å²) >= 11 is 0. The largest absolute Gasteiger partial charge is 0.497 e. The molecule has 1 heterocycles. The average Bonchev–Trinajstić information content (AvgIpc) is 2.90. The number of methoxy groups -OCH3 is 1. The number of amides is 2. The van der Waals surface area contributed by atoms with Gasteiger partial charge in [-0.2, -0.15) is 0 Å². The lowest BCUT2D eigenvalue weighted by atomic mass is 10.1. The van der Waals surface area contributed by atoms with E-state index >= 15 is 0 Å². The molecule has 1 aromatic rings. The zero-order valence-corrected chi connectivity index (χ0v) is 12.5. The lowest BCUT2D eigenvalue weighted by molar-refractivity contribution is -0.132. The maximum Gasteiger partial charge on any atom is 0.410 e. The van der Waals surface area contributed by atoms with Crippen LogP contribution in [-0.4, -0.2) is 55.7 Å². The van der Waals surface area contributed by atoms with Gasteiger partial charge in [0, 0.05) is 7.05 Å². The zero-order chi connectivity index (χ0) is 15.4. The van der Waals surface area contributed by atoms with Crippen LogP contribution in [0.4, 0.5) is 4.79 Å². The SMILES string of the molecule is COc1cccc(C(C)N(C)C(=O)CN2CCOC2=O)c1. The molecule has 0 spiro atoms. The van der Waals surface area contributed by atoms with Crippen molar-refractivity contribution in [1.82, 2.24) is 9.80 Å². The third-order valence-electron chi connectivity index (χ3n) is 3.72. The van der Waals surface area contributed by atoms with Crippen LogP contribution in [0, 0.1) is 0 Å². The van der Waals surface area contributed by atoms with Gasteiger partial charge in [0.1, 0.15) is 18.9 Å². The van der Waals surface area contributed by atoms with Crippen LogP contribution in [0.5, 0.6) is 5.75 Å². The van der Waals surface area contributed by atoms with Crippen LogP contribution < -0.4 is 4.74 Å². The van der Waals surface area contributed by atoms with Crippen molar-refractivity contribution in [2.24, 2.45) is 0 Å². The monoisotopic (exact) mass is 292 g/mol. The van der Waals surface area contributed by atoms with Gasteiger partial charge in [-0.25, -0.2) is 4.79 Å². The van der Waals surface area contributed by atoms with Crippen molar-refractivity contribution < 1.29 is 19.1 Å². The minimum Gasteiger partial charge on any atom is -0.497 e. The molecule has 0 aliphatic carbocycles. The molecular formula is C15H20N2O4. The quantitative estimate of drug-likeness (QED) is 0.828. The van der Waals surface area contributed by atoms with Crippen LogP contribution in [-0.2, 0) is 9.53 Å².